The molecule has 0 radical (unpaired) electrons. The van der Waals surface area contributed by atoms with Crippen molar-refractivity contribution >= 4 is 17.5 Å². The van der Waals surface area contributed by atoms with Gasteiger partial charge in [0.05, 0.1) is 0 Å². The van der Waals surface area contributed by atoms with Crippen LogP contribution in [0.4, 0.5) is 5.69 Å². The first-order valence-corrected chi connectivity index (χ1v) is 5.84. The van der Waals surface area contributed by atoms with Crippen molar-refractivity contribution in [3.8, 4) is 0 Å². The number of amides is 2. The minimum Gasteiger partial charge on any atom is -0.334 e. The standard InChI is InChI=1S/C13H16N2O2/c1-10-5-4-6-11(9-10)14-12(16)13(17)15-7-2-3-8-15/h4-6,9H,2-3,7-8H2,1H3,(H,14,16). The Morgan fingerprint density at radius 3 is 2.59 bits per heavy atom. The number of hydrogen-bond acceptors (Lipinski definition) is 2. The molecule has 0 spiro atoms. The first-order chi connectivity index (χ1) is 8.16. The van der Waals surface area contributed by atoms with Crippen LogP contribution in [0.5, 0.6) is 0 Å². The van der Waals surface area contributed by atoms with Gasteiger partial charge in [-0.25, -0.2) is 0 Å². The van der Waals surface area contributed by atoms with Gasteiger partial charge < -0.3 is 10.2 Å². The maximum atomic E-state index is 11.7. The summed E-state index contributed by atoms with van der Waals surface area (Å²) in [5.41, 5.74) is 1.72. The predicted octanol–water partition coefficient (Wildman–Crippen LogP) is 1.56. The third kappa shape index (κ3) is 2.84. The van der Waals surface area contributed by atoms with Crippen LogP contribution in [0.3, 0.4) is 0 Å². The highest BCUT2D eigenvalue weighted by molar-refractivity contribution is 6.39. The van der Waals surface area contributed by atoms with E-state index < -0.39 is 11.8 Å². The van der Waals surface area contributed by atoms with E-state index in [4.69, 9.17) is 0 Å². The second kappa shape index (κ2) is 4.99. The molecule has 1 aliphatic heterocycles. The third-order valence-electron chi connectivity index (χ3n) is 2.86. The summed E-state index contributed by atoms with van der Waals surface area (Å²) in [5.74, 6) is -0.971. The van der Waals surface area contributed by atoms with Crippen LogP contribution in [0.1, 0.15) is 18.4 Å². The second-order valence-electron chi connectivity index (χ2n) is 4.32. The molecule has 0 bridgehead atoms. The molecule has 90 valence electrons. The topological polar surface area (TPSA) is 49.4 Å². The molecule has 17 heavy (non-hydrogen) atoms. The summed E-state index contributed by atoms with van der Waals surface area (Å²) in [4.78, 5) is 25.1. The Hall–Kier alpha value is -1.84. The highest BCUT2D eigenvalue weighted by Crippen LogP contribution is 2.11. The molecule has 1 saturated heterocycles. The first kappa shape index (κ1) is 11.6. The first-order valence-electron chi connectivity index (χ1n) is 5.84. The summed E-state index contributed by atoms with van der Waals surface area (Å²) < 4.78 is 0. The monoisotopic (exact) mass is 232 g/mol. The number of anilines is 1. The summed E-state index contributed by atoms with van der Waals surface area (Å²) in [6.07, 6.45) is 1.98. The summed E-state index contributed by atoms with van der Waals surface area (Å²) in [5, 5.41) is 2.63. The number of likely N-dealkylation sites (tertiary alicyclic amines) is 1. The number of rotatable bonds is 1. The van der Waals surface area contributed by atoms with Crippen LogP contribution in [-0.2, 0) is 9.59 Å². The molecule has 1 aliphatic rings. The molecule has 0 unspecified atom stereocenters. The number of carbonyl (C=O) groups is 2. The molecular formula is C13H16N2O2. The smallest absolute Gasteiger partial charge is 0.313 e. The van der Waals surface area contributed by atoms with Gasteiger partial charge in [-0.3, -0.25) is 9.59 Å². The van der Waals surface area contributed by atoms with Crippen molar-refractivity contribution in [1.82, 2.24) is 4.90 Å². The fourth-order valence-electron chi connectivity index (χ4n) is 1.97. The van der Waals surface area contributed by atoms with E-state index in [2.05, 4.69) is 5.32 Å². The van der Waals surface area contributed by atoms with E-state index >= 15 is 0 Å². The SMILES string of the molecule is Cc1cccc(NC(=O)C(=O)N2CCCC2)c1. The molecule has 2 amide bonds. The van der Waals surface area contributed by atoms with E-state index in [1.807, 2.05) is 25.1 Å². The van der Waals surface area contributed by atoms with Gasteiger partial charge >= 0.3 is 11.8 Å². The lowest BCUT2D eigenvalue weighted by Gasteiger charge is -2.14. The van der Waals surface area contributed by atoms with Gasteiger partial charge in [-0.1, -0.05) is 12.1 Å². The molecule has 0 saturated carbocycles. The molecule has 4 heteroatoms. The highest BCUT2D eigenvalue weighted by atomic mass is 16.2. The Morgan fingerprint density at radius 1 is 1.24 bits per heavy atom. The van der Waals surface area contributed by atoms with E-state index in [1.54, 1.807) is 11.0 Å². The highest BCUT2D eigenvalue weighted by Gasteiger charge is 2.24. The normalized spacial score (nSPS) is 14.8. The van der Waals surface area contributed by atoms with E-state index in [0.717, 1.165) is 18.4 Å². The summed E-state index contributed by atoms with van der Waals surface area (Å²) in [7, 11) is 0. The molecular weight excluding hydrogens is 216 g/mol. The van der Waals surface area contributed by atoms with Gasteiger partial charge in [-0.05, 0) is 37.5 Å². The summed E-state index contributed by atoms with van der Waals surface area (Å²) >= 11 is 0. The largest absolute Gasteiger partial charge is 0.334 e. The van der Waals surface area contributed by atoms with Crippen molar-refractivity contribution in [3.05, 3.63) is 29.8 Å². The number of benzene rings is 1. The quantitative estimate of drug-likeness (QED) is 0.747. The van der Waals surface area contributed by atoms with Gasteiger partial charge in [0.2, 0.25) is 0 Å². The fourth-order valence-corrected chi connectivity index (χ4v) is 1.97. The minimum absolute atomic E-state index is 0.427. The second-order valence-corrected chi connectivity index (χ2v) is 4.32. The van der Waals surface area contributed by atoms with Crippen LogP contribution >= 0.6 is 0 Å². The van der Waals surface area contributed by atoms with E-state index in [0.29, 0.717) is 18.8 Å². The lowest BCUT2D eigenvalue weighted by molar-refractivity contribution is -0.142. The molecule has 0 aromatic heterocycles. The van der Waals surface area contributed by atoms with Crippen LogP contribution in [-0.4, -0.2) is 29.8 Å². The van der Waals surface area contributed by atoms with E-state index in [-0.39, 0.29) is 0 Å². The molecule has 1 fully saturated rings. The molecule has 1 aromatic carbocycles. The zero-order valence-corrected chi connectivity index (χ0v) is 9.90. The Bertz CT molecular complexity index is 437. The summed E-state index contributed by atoms with van der Waals surface area (Å²) in [6.45, 7) is 3.33. The number of aryl methyl sites for hydroxylation is 1. The van der Waals surface area contributed by atoms with Crippen molar-refractivity contribution in [1.29, 1.82) is 0 Å². The molecule has 0 aliphatic carbocycles. The zero-order chi connectivity index (χ0) is 12.3. The van der Waals surface area contributed by atoms with Crippen LogP contribution in [0.15, 0.2) is 24.3 Å². The number of hydrogen-bond donors (Lipinski definition) is 1. The Kier molecular flexibility index (Phi) is 3.42. The molecule has 1 N–H and O–H groups in total. The van der Waals surface area contributed by atoms with Crippen LogP contribution < -0.4 is 5.32 Å². The minimum atomic E-state index is -0.544. The number of nitrogens with zero attached hydrogens (tertiary/aromatic N) is 1. The van der Waals surface area contributed by atoms with Crippen molar-refractivity contribution in [2.75, 3.05) is 18.4 Å². The molecule has 4 nitrogen and oxygen atoms in total. The van der Waals surface area contributed by atoms with Gasteiger partial charge in [0, 0.05) is 18.8 Å². The third-order valence-corrected chi connectivity index (χ3v) is 2.86. The van der Waals surface area contributed by atoms with Crippen molar-refractivity contribution in [2.24, 2.45) is 0 Å². The maximum absolute atomic E-state index is 11.7. The lowest BCUT2D eigenvalue weighted by atomic mass is 10.2. The fraction of sp³-hybridized carbons (Fsp3) is 0.385. The van der Waals surface area contributed by atoms with Crippen LogP contribution in [0.2, 0.25) is 0 Å². The number of nitrogens with one attached hydrogen (secondary N) is 1. The average molecular weight is 232 g/mol. The zero-order valence-electron chi connectivity index (χ0n) is 9.90. The lowest BCUT2D eigenvalue weighted by Crippen LogP contribution is -2.37. The maximum Gasteiger partial charge on any atom is 0.313 e. The van der Waals surface area contributed by atoms with E-state index in [9.17, 15) is 9.59 Å². The van der Waals surface area contributed by atoms with Crippen molar-refractivity contribution in [2.45, 2.75) is 19.8 Å². The van der Waals surface area contributed by atoms with E-state index in [1.165, 1.54) is 0 Å². The molecule has 1 aromatic rings. The van der Waals surface area contributed by atoms with Gasteiger partial charge in [0.15, 0.2) is 0 Å². The van der Waals surface area contributed by atoms with Gasteiger partial charge in [-0.2, -0.15) is 0 Å². The van der Waals surface area contributed by atoms with Gasteiger partial charge in [0.25, 0.3) is 0 Å². The van der Waals surface area contributed by atoms with Crippen molar-refractivity contribution in [3.63, 3.8) is 0 Å². The Labute approximate surface area is 101 Å². The Balaban J connectivity index is 1.99. The van der Waals surface area contributed by atoms with Crippen molar-refractivity contribution < 1.29 is 9.59 Å². The number of carbonyl (C=O) groups excluding carboxylic acids is 2. The average Bonchev–Trinajstić information content (AvgIpc) is 2.81. The summed E-state index contributed by atoms with van der Waals surface area (Å²) in [6, 6.07) is 7.42. The predicted molar refractivity (Wildman–Crippen MR) is 65.6 cm³/mol. The van der Waals surface area contributed by atoms with Crippen LogP contribution in [0, 0.1) is 6.92 Å². The van der Waals surface area contributed by atoms with Gasteiger partial charge in [-0.15, -0.1) is 0 Å². The molecule has 1 heterocycles. The molecule has 0 atom stereocenters. The molecule has 2 rings (SSSR count). The van der Waals surface area contributed by atoms with Gasteiger partial charge in [0.1, 0.15) is 0 Å². The Morgan fingerprint density at radius 2 is 1.94 bits per heavy atom. The van der Waals surface area contributed by atoms with Crippen LogP contribution in [0.25, 0.3) is 0 Å².